The van der Waals surface area contributed by atoms with Crippen LogP contribution < -0.4 is 5.73 Å². The van der Waals surface area contributed by atoms with E-state index in [1.165, 1.54) is 0 Å². The number of nitrogens with zero attached hydrogens (tertiary/aromatic N) is 4. The Balaban J connectivity index is 2.01. The highest BCUT2D eigenvalue weighted by molar-refractivity contribution is 4.77. The number of ether oxygens (including phenoxy) is 1. The van der Waals surface area contributed by atoms with Crippen LogP contribution in [0.1, 0.15) is 19.3 Å². The zero-order chi connectivity index (χ0) is 11.6. The van der Waals surface area contributed by atoms with Gasteiger partial charge in [-0.25, -0.2) is 0 Å². The van der Waals surface area contributed by atoms with Gasteiger partial charge in [0, 0.05) is 24.1 Å². The molecular weight excluding hydrogens is 206 g/mol. The minimum Gasteiger partial charge on any atom is -0.380 e. The Hall–Kier alpha value is -0.810. The fourth-order valence-electron chi connectivity index (χ4n) is 1.81. The molecule has 1 aliphatic heterocycles. The van der Waals surface area contributed by atoms with Gasteiger partial charge in [0.2, 0.25) is 0 Å². The van der Waals surface area contributed by atoms with Crippen LogP contribution in [0.3, 0.4) is 0 Å². The van der Waals surface area contributed by atoms with Crippen LogP contribution in [0.25, 0.3) is 10.4 Å². The second-order valence-corrected chi connectivity index (χ2v) is 4.03. The van der Waals surface area contributed by atoms with Crippen molar-refractivity contribution in [2.24, 2.45) is 10.8 Å². The van der Waals surface area contributed by atoms with Crippen LogP contribution in [0.5, 0.6) is 0 Å². The van der Waals surface area contributed by atoms with Gasteiger partial charge in [-0.15, -0.1) is 0 Å². The Morgan fingerprint density at radius 3 is 2.75 bits per heavy atom. The Kier molecular flexibility index (Phi) is 6.92. The summed E-state index contributed by atoms with van der Waals surface area (Å²) in [4.78, 5) is 5.20. The van der Waals surface area contributed by atoms with Crippen molar-refractivity contribution >= 4 is 0 Å². The van der Waals surface area contributed by atoms with Crippen molar-refractivity contribution in [3.63, 3.8) is 0 Å². The van der Waals surface area contributed by atoms with Crippen molar-refractivity contribution in [2.75, 3.05) is 39.4 Å². The molecule has 0 aliphatic carbocycles. The van der Waals surface area contributed by atoms with Crippen LogP contribution in [-0.2, 0) is 4.74 Å². The van der Waals surface area contributed by atoms with Crippen LogP contribution in [0, 0.1) is 0 Å². The third-order valence-corrected chi connectivity index (χ3v) is 2.82. The van der Waals surface area contributed by atoms with E-state index in [4.69, 9.17) is 16.0 Å². The molecule has 1 heterocycles. The van der Waals surface area contributed by atoms with Gasteiger partial charge in [-0.1, -0.05) is 5.11 Å². The van der Waals surface area contributed by atoms with Crippen LogP contribution in [-0.4, -0.2) is 50.3 Å². The lowest BCUT2D eigenvalue weighted by molar-refractivity contribution is 0.0935. The molecule has 1 saturated heterocycles. The van der Waals surface area contributed by atoms with Gasteiger partial charge in [0.25, 0.3) is 0 Å². The molecule has 0 amide bonds. The molecule has 0 atom stereocenters. The van der Waals surface area contributed by atoms with E-state index in [0.717, 1.165) is 52.1 Å². The minimum atomic E-state index is 0.194. The average Bonchev–Trinajstić information content (AvgIpc) is 2.31. The van der Waals surface area contributed by atoms with Gasteiger partial charge < -0.3 is 15.4 Å². The first kappa shape index (κ1) is 13.3. The Labute approximate surface area is 96.4 Å². The monoisotopic (exact) mass is 227 g/mol. The molecule has 0 aromatic carbocycles. The number of nitrogens with two attached hydrogens (primary N) is 1. The summed E-state index contributed by atoms with van der Waals surface area (Å²) in [7, 11) is 0. The predicted molar refractivity (Wildman–Crippen MR) is 63.1 cm³/mol. The number of hydrogen-bond donors (Lipinski definition) is 1. The summed E-state index contributed by atoms with van der Waals surface area (Å²) in [6.07, 6.45) is 2.86. The van der Waals surface area contributed by atoms with E-state index in [9.17, 15) is 0 Å². The standard InChI is InChI=1S/C10H21N5O/c11-4-1-8-16-9-7-15-5-2-10(3-6-15)13-14-12/h10H,1-9,11H2. The van der Waals surface area contributed by atoms with Crippen LogP contribution in [0.15, 0.2) is 5.11 Å². The molecule has 16 heavy (non-hydrogen) atoms. The smallest absolute Gasteiger partial charge is 0.0593 e. The second-order valence-electron chi connectivity index (χ2n) is 4.03. The summed E-state index contributed by atoms with van der Waals surface area (Å²) < 4.78 is 5.45. The maximum absolute atomic E-state index is 8.32. The minimum absolute atomic E-state index is 0.194. The van der Waals surface area contributed by atoms with Crippen LogP contribution in [0.2, 0.25) is 0 Å². The summed E-state index contributed by atoms with van der Waals surface area (Å²) in [5.41, 5.74) is 13.7. The number of azide groups is 1. The lowest BCUT2D eigenvalue weighted by atomic mass is 10.1. The van der Waals surface area contributed by atoms with E-state index in [1.54, 1.807) is 0 Å². The number of likely N-dealkylation sites (tertiary alicyclic amines) is 1. The maximum Gasteiger partial charge on any atom is 0.0593 e. The summed E-state index contributed by atoms with van der Waals surface area (Å²) >= 11 is 0. The molecule has 0 saturated carbocycles. The third kappa shape index (κ3) is 5.32. The Bertz CT molecular complexity index is 221. The molecular formula is C10H21N5O. The normalized spacial score (nSPS) is 18.3. The van der Waals surface area contributed by atoms with Gasteiger partial charge in [-0.05, 0) is 44.4 Å². The van der Waals surface area contributed by atoms with Gasteiger partial charge >= 0.3 is 0 Å². The highest BCUT2D eigenvalue weighted by atomic mass is 16.5. The fourth-order valence-corrected chi connectivity index (χ4v) is 1.81. The van der Waals surface area contributed by atoms with Crippen molar-refractivity contribution in [3.8, 4) is 0 Å². The van der Waals surface area contributed by atoms with Crippen molar-refractivity contribution in [2.45, 2.75) is 25.3 Å². The molecule has 6 nitrogen and oxygen atoms in total. The SMILES string of the molecule is [N-]=[N+]=NC1CCN(CCOCCCN)CC1. The van der Waals surface area contributed by atoms with Gasteiger partial charge in [0.15, 0.2) is 0 Å². The van der Waals surface area contributed by atoms with Crippen molar-refractivity contribution in [1.29, 1.82) is 0 Å². The number of hydrogen-bond acceptors (Lipinski definition) is 4. The molecule has 1 aliphatic rings. The van der Waals surface area contributed by atoms with E-state index in [1.807, 2.05) is 0 Å². The predicted octanol–water partition coefficient (Wildman–Crippen LogP) is 1.13. The Morgan fingerprint density at radius 2 is 2.12 bits per heavy atom. The zero-order valence-electron chi connectivity index (χ0n) is 9.72. The molecule has 0 radical (unpaired) electrons. The summed E-state index contributed by atoms with van der Waals surface area (Å²) in [5, 5.41) is 3.75. The molecule has 6 heteroatoms. The van der Waals surface area contributed by atoms with Crippen molar-refractivity contribution in [1.82, 2.24) is 4.90 Å². The molecule has 2 N–H and O–H groups in total. The first-order valence-electron chi connectivity index (χ1n) is 5.91. The fraction of sp³-hybridized carbons (Fsp3) is 1.00. The Morgan fingerprint density at radius 1 is 1.38 bits per heavy atom. The van der Waals surface area contributed by atoms with E-state index < -0.39 is 0 Å². The highest BCUT2D eigenvalue weighted by Crippen LogP contribution is 2.13. The van der Waals surface area contributed by atoms with Crippen molar-refractivity contribution < 1.29 is 4.74 Å². The van der Waals surface area contributed by atoms with Crippen LogP contribution >= 0.6 is 0 Å². The number of rotatable bonds is 7. The van der Waals surface area contributed by atoms with Gasteiger partial charge in [0.1, 0.15) is 0 Å². The molecule has 0 spiro atoms. The second kappa shape index (κ2) is 8.35. The first-order chi connectivity index (χ1) is 7.86. The third-order valence-electron chi connectivity index (χ3n) is 2.82. The summed E-state index contributed by atoms with van der Waals surface area (Å²) in [6.45, 7) is 5.19. The van der Waals surface area contributed by atoms with E-state index in [2.05, 4.69) is 14.9 Å². The summed E-state index contributed by atoms with van der Waals surface area (Å²) in [6, 6.07) is 0.194. The zero-order valence-corrected chi connectivity index (χ0v) is 9.72. The van der Waals surface area contributed by atoms with E-state index in [-0.39, 0.29) is 6.04 Å². The summed E-state index contributed by atoms with van der Waals surface area (Å²) in [5.74, 6) is 0. The molecule has 0 aromatic rings. The molecule has 0 bridgehead atoms. The molecule has 1 fully saturated rings. The van der Waals surface area contributed by atoms with E-state index >= 15 is 0 Å². The first-order valence-corrected chi connectivity index (χ1v) is 5.91. The number of piperidine rings is 1. The quantitative estimate of drug-likeness (QED) is 0.306. The van der Waals surface area contributed by atoms with Gasteiger partial charge in [0.05, 0.1) is 6.61 Å². The van der Waals surface area contributed by atoms with Gasteiger partial charge in [-0.3, -0.25) is 0 Å². The lowest BCUT2D eigenvalue weighted by Gasteiger charge is -2.29. The molecule has 92 valence electrons. The van der Waals surface area contributed by atoms with Crippen molar-refractivity contribution in [3.05, 3.63) is 10.4 Å². The molecule has 0 aromatic heterocycles. The van der Waals surface area contributed by atoms with Crippen LogP contribution in [0.4, 0.5) is 0 Å². The lowest BCUT2D eigenvalue weighted by Crippen LogP contribution is -2.37. The highest BCUT2D eigenvalue weighted by Gasteiger charge is 2.17. The molecule has 1 rings (SSSR count). The molecule has 0 unspecified atom stereocenters. The average molecular weight is 227 g/mol. The maximum atomic E-state index is 8.32. The van der Waals surface area contributed by atoms with E-state index in [0.29, 0.717) is 6.54 Å². The largest absolute Gasteiger partial charge is 0.380 e. The van der Waals surface area contributed by atoms with Gasteiger partial charge in [-0.2, -0.15) is 0 Å². The topological polar surface area (TPSA) is 87.2 Å².